The molecule has 0 unspecified atom stereocenters. The van der Waals surface area contributed by atoms with Gasteiger partial charge in [-0.25, -0.2) is 0 Å². The van der Waals surface area contributed by atoms with E-state index in [1.807, 2.05) is 24.3 Å². The van der Waals surface area contributed by atoms with Crippen LogP contribution in [0, 0.1) is 0 Å². The van der Waals surface area contributed by atoms with E-state index in [4.69, 9.17) is 18.9 Å². The normalized spacial score (nSPS) is 10.7. The van der Waals surface area contributed by atoms with Gasteiger partial charge in [0, 0.05) is 10.8 Å². The Kier molecular flexibility index (Phi) is 3.67. The number of methoxy groups -OCH3 is 4. The molecule has 114 valence electrons. The van der Waals surface area contributed by atoms with Crippen molar-refractivity contribution < 1.29 is 18.9 Å². The molecule has 4 heteroatoms. The Morgan fingerprint density at radius 2 is 0.864 bits per heavy atom. The summed E-state index contributed by atoms with van der Waals surface area (Å²) < 4.78 is 22.1. The number of ether oxygens (including phenoxy) is 4. The van der Waals surface area contributed by atoms with Gasteiger partial charge in [0.25, 0.3) is 0 Å². The first-order chi connectivity index (χ1) is 10.7. The molecule has 22 heavy (non-hydrogen) atoms. The lowest BCUT2D eigenvalue weighted by molar-refractivity contribution is 0.356. The maximum absolute atomic E-state index is 5.61. The third kappa shape index (κ3) is 1.99. The van der Waals surface area contributed by atoms with Gasteiger partial charge in [-0.2, -0.15) is 0 Å². The Morgan fingerprint density at radius 3 is 1.18 bits per heavy atom. The summed E-state index contributed by atoms with van der Waals surface area (Å²) in [5.74, 6) is 2.76. The van der Waals surface area contributed by atoms with Crippen molar-refractivity contribution in [1.82, 2.24) is 0 Å². The minimum Gasteiger partial charge on any atom is -0.493 e. The largest absolute Gasteiger partial charge is 0.493 e. The maximum Gasteiger partial charge on any atom is 0.169 e. The highest BCUT2D eigenvalue weighted by atomic mass is 16.5. The van der Waals surface area contributed by atoms with Gasteiger partial charge in [-0.05, 0) is 22.9 Å². The summed E-state index contributed by atoms with van der Waals surface area (Å²) in [5, 5.41) is 4.01. The Hall–Kier alpha value is -2.62. The molecule has 3 aromatic carbocycles. The molecule has 0 radical (unpaired) electrons. The number of fused-ring (bicyclic) bond motifs is 3. The van der Waals surface area contributed by atoms with Crippen molar-refractivity contribution in [2.45, 2.75) is 0 Å². The van der Waals surface area contributed by atoms with Gasteiger partial charge in [-0.1, -0.05) is 24.3 Å². The van der Waals surface area contributed by atoms with Crippen LogP contribution in [0.15, 0.2) is 36.4 Å². The predicted molar refractivity (Wildman–Crippen MR) is 87.7 cm³/mol. The van der Waals surface area contributed by atoms with Gasteiger partial charge in [0.15, 0.2) is 23.0 Å². The van der Waals surface area contributed by atoms with Crippen molar-refractivity contribution in [2.75, 3.05) is 28.4 Å². The highest BCUT2D eigenvalue weighted by Gasteiger charge is 2.17. The summed E-state index contributed by atoms with van der Waals surface area (Å²) in [7, 11) is 6.55. The van der Waals surface area contributed by atoms with Crippen molar-refractivity contribution in [3.8, 4) is 23.0 Å². The second-order valence-corrected chi connectivity index (χ2v) is 4.86. The molecular formula is C18H18O4. The van der Waals surface area contributed by atoms with E-state index in [9.17, 15) is 0 Å². The summed E-state index contributed by atoms with van der Waals surface area (Å²) in [5.41, 5.74) is 0. The zero-order valence-corrected chi connectivity index (χ0v) is 13.1. The molecule has 0 fully saturated rings. The molecule has 0 saturated carbocycles. The first-order valence-electron chi connectivity index (χ1n) is 6.93. The van der Waals surface area contributed by atoms with Crippen molar-refractivity contribution in [1.29, 1.82) is 0 Å². The van der Waals surface area contributed by atoms with E-state index >= 15 is 0 Å². The fourth-order valence-corrected chi connectivity index (χ4v) is 2.86. The smallest absolute Gasteiger partial charge is 0.169 e. The van der Waals surface area contributed by atoms with Crippen LogP contribution in [0.1, 0.15) is 0 Å². The molecule has 0 atom stereocenters. The summed E-state index contributed by atoms with van der Waals surface area (Å²) in [6.07, 6.45) is 0. The van der Waals surface area contributed by atoms with Crippen molar-refractivity contribution in [2.24, 2.45) is 0 Å². The SMILES string of the molecule is COc1ccc2ccc3ccc(OC)c(OC)c3c2c1OC. The topological polar surface area (TPSA) is 36.9 Å². The zero-order valence-electron chi connectivity index (χ0n) is 13.1. The minimum atomic E-state index is 0.687. The third-order valence-electron chi connectivity index (χ3n) is 3.85. The molecule has 0 bridgehead atoms. The van der Waals surface area contributed by atoms with Gasteiger partial charge in [0.2, 0.25) is 0 Å². The molecule has 3 aromatic rings. The van der Waals surface area contributed by atoms with Gasteiger partial charge in [-0.15, -0.1) is 0 Å². The third-order valence-corrected chi connectivity index (χ3v) is 3.85. The van der Waals surface area contributed by atoms with Gasteiger partial charge < -0.3 is 18.9 Å². The van der Waals surface area contributed by atoms with Crippen molar-refractivity contribution in [3.63, 3.8) is 0 Å². The van der Waals surface area contributed by atoms with E-state index in [1.54, 1.807) is 28.4 Å². The quantitative estimate of drug-likeness (QED) is 0.682. The van der Waals surface area contributed by atoms with E-state index in [0.717, 1.165) is 21.5 Å². The van der Waals surface area contributed by atoms with Crippen LogP contribution >= 0.6 is 0 Å². The number of benzene rings is 3. The van der Waals surface area contributed by atoms with Crippen molar-refractivity contribution >= 4 is 21.5 Å². The van der Waals surface area contributed by atoms with Crippen LogP contribution in [0.3, 0.4) is 0 Å². The molecule has 0 aliphatic heterocycles. The van der Waals surface area contributed by atoms with E-state index in [2.05, 4.69) is 12.1 Å². The molecule has 0 aliphatic rings. The summed E-state index contributed by atoms with van der Waals surface area (Å²) in [6.45, 7) is 0. The lowest BCUT2D eigenvalue weighted by Gasteiger charge is -2.16. The summed E-state index contributed by atoms with van der Waals surface area (Å²) in [6, 6.07) is 11.9. The Morgan fingerprint density at radius 1 is 0.500 bits per heavy atom. The van der Waals surface area contributed by atoms with Gasteiger partial charge >= 0.3 is 0 Å². The van der Waals surface area contributed by atoms with E-state index < -0.39 is 0 Å². The highest BCUT2D eigenvalue weighted by Crippen LogP contribution is 2.45. The number of hydrogen-bond acceptors (Lipinski definition) is 4. The molecule has 0 N–H and O–H groups in total. The van der Waals surface area contributed by atoms with Crippen molar-refractivity contribution in [3.05, 3.63) is 36.4 Å². The fraction of sp³-hybridized carbons (Fsp3) is 0.222. The summed E-state index contributed by atoms with van der Waals surface area (Å²) in [4.78, 5) is 0. The van der Waals surface area contributed by atoms with Gasteiger partial charge in [0.1, 0.15) is 0 Å². The van der Waals surface area contributed by atoms with Crippen LogP contribution in [0.2, 0.25) is 0 Å². The molecule has 0 heterocycles. The molecule has 3 rings (SSSR count). The van der Waals surface area contributed by atoms with E-state index in [1.165, 1.54) is 0 Å². The van der Waals surface area contributed by atoms with E-state index in [-0.39, 0.29) is 0 Å². The molecule has 0 amide bonds. The lowest BCUT2D eigenvalue weighted by Crippen LogP contribution is -1.95. The highest BCUT2D eigenvalue weighted by molar-refractivity contribution is 6.15. The first-order valence-corrected chi connectivity index (χ1v) is 6.93. The van der Waals surface area contributed by atoms with Crippen LogP contribution in [0.4, 0.5) is 0 Å². The Bertz CT molecular complexity index is 769. The van der Waals surface area contributed by atoms with Crippen LogP contribution in [-0.2, 0) is 0 Å². The molecular weight excluding hydrogens is 280 g/mol. The lowest BCUT2D eigenvalue weighted by atomic mass is 9.99. The van der Waals surface area contributed by atoms with Crippen LogP contribution < -0.4 is 18.9 Å². The monoisotopic (exact) mass is 298 g/mol. The Balaban J connectivity index is 2.57. The number of rotatable bonds is 4. The second kappa shape index (κ2) is 5.64. The number of hydrogen-bond donors (Lipinski definition) is 0. The zero-order chi connectivity index (χ0) is 15.7. The molecule has 0 aliphatic carbocycles. The molecule has 0 spiro atoms. The standard InChI is InChI=1S/C18H18O4/c1-19-13-9-7-11-5-6-12-8-10-14(20-2)18(22-4)16(12)15(11)17(13)21-3/h5-10H,1-4H3. The van der Waals surface area contributed by atoms with Gasteiger partial charge in [-0.3, -0.25) is 0 Å². The average Bonchev–Trinajstić information content (AvgIpc) is 2.58. The Labute approximate surface area is 129 Å². The molecule has 0 aromatic heterocycles. The molecule has 4 nitrogen and oxygen atoms in total. The maximum atomic E-state index is 5.61. The predicted octanol–water partition coefficient (Wildman–Crippen LogP) is 4.03. The van der Waals surface area contributed by atoms with E-state index in [0.29, 0.717) is 23.0 Å². The minimum absolute atomic E-state index is 0.687. The second-order valence-electron chi connectivity index (χ2n) is 4.86. The first kappa shape index (κ1) is 14.3. The summed E-state index contributed by atoms with van der Waals surface area (Å²) >= 11 is 0. The molecule has 0 saturated heterocycles. The van der Waals surface area contributed by atoms with Crippen LogP contribution in [0.5, 0.6) is 23.0 Å². The fourth-order valence-electron chi connectivity index (χ4n) is 2.86. The average molecular weight is 298 g/mol. The van der Waals surface area contributed by atoms with Gasteiger partial charge in [0.05, 0.1) is 28.4 Å². The van der Waals surface area contributed by atoms with Crippen LogP contribution in [-0.4, -0.2) is 28.4 Å². The van der Waals surface area contributed by atoms with Crippen LogP contribution in [0.25, 0.3) is 21.5 Å².